The van der Waals surface area contributed by atoms with Crippen molar-refractivity contribution in [2.75, 3.05) is 0 Å². The molecule has 0 aromatic heterocycles. The molecule has 0 fully saturated rings. The maximum absolute atomic E-state index is 2.37. The number of hydrogen-bond donors (Lipinski definition) is 0. The molecule has 0 saturated carbocycles. The van der Waals surface area contributed by atoms with Crippen LogP contribution in [0.4, 0.5) is 0 Å². The van der Waals surface area contributed by atoms with Gasteiger partial charge in [0.05, 0.1) is 0 Å². The average Bonchev–Trinajstić information content (AvgIpc) is 2.50. The zero-order valence-corrected chi connectivity index (χ0v) is 15.4. The van der Waals surface area contributed by atoms with Crippen LogP contribution >= 0.6 is 0 Å². The molecule has 0 amide bonds. The van der Waals surface area contributed by atoms with Crippen molar-refractivity contribution in [1.29, 1.82) is 0 Å². The van der Waals surface area contributed by atoms with E-state index in [2.05, 4.69) is 76.1 Å². The summed E-state index contributed by atoms with van der Waals surface area (Å²) in [7, 11) is 0. The van der Waals surface area contributed by atoms with Gasteiger partial charge in [-0.25, -0.2) is 0 Å². The summed E-state index contributed by atoms with van der Waals surface area (Å²) in [6.07, 6.45) is 23.3. The van der Waals surface area contributed by atoms with Crippen LogP contribution < -0.4 is 0 Å². The van der Waals surface area contributed by atoms with Gasteiger partial charge in [0.25, 0.3) is 0 Å². The first-order valence-electron chi connectivity index (χ1n) is 9.46. The van der Waals surface area contributed by atoms with Crippen molar-refractivity contribution >= 4 is 13.4 Å². The molecule has 2 heteroatoms. The van der Waals surface area contributed by atoms with E-state index in [4.69, 9.17) is 0 Å². The first kappa shape index (κ1) is 21.1. The highest BCUT2D eigenvalue weighted by Crippen LogP contribution is 2.08. The van der Waals surface area contributed by atoms with Gasteiger partial charge >= 0.3 is 0 Å². The fraction of sp³-hybridized carbons (Fsp3) is 0.600. The van der Waals surface area contributed by atoms with Gasteiger partial charge in [0, 0.05) is 0 Å². The molecule has 0 aromatic rings. The van der Waals surface area contributed by atoms with Gasteiger partial charge in [-0.1, -0.05) is 115 Å². The smallest absolute Gasteiger partial charge is 0.115 e. The lowest BCUT2D eigenvalue weighted by atomic mass is 9.44. The third-order valence-electron chi connectivity index (χ3n) is 3.96. The van der Waals surface area contributed by atoms with Gasteiger partial charge in [0.15, 0.2) is 13.4 Å². The predicted molar refractivity (Wildman–Crippen MR) is 108 cm³/mol. The van der Waals surface area contributed by atoms with Crippen LogP contribution in [0.3, 0.4) is 0 Å². The average molecular weight is 298 g/mol. The lowest BCUT2D eigenvalue weighted by Gasteiger charge is -2.04. The third kappa shape index (κ3) is 12.8. The minimum Gasteiger partial charge on any atom is -0.115 e. The van der Waals surface area contributed by atoms with E-state index in [0.29, 0.717) is 0 Å². The monoisotopic (exact) mass is 298 g/mol. The molecule has 0 nitrogen and oxygen atoms in total. The van der Waals surface area contributed by atoms with Crippen LogP contribution in [0.5, 0.6) is 0 Å². The Morgan fingerprint density at radius 2 is 0.727 bits per heavy atom. The molecular formula is C20H36B2. The van der Waals surface area contributed by atoms with Gasteiger partial charge < -0.3 is 0 Å². The van der Waals surface area contributed by atoms with E-state index in [1.54, 1.807) is 0 Å². The molecule has 0 saturated heterocycles. The van der Waals surface area contributed by atoms with E-state index in [-0.39, 0.29) is 0 Å². The van der Waals surface area contributed by atoms with Crippen molar-refractivity contribution < 1.29 is 0 Å². The normalized spacial score (nSPS) is 12.4. The lowest BCUT2D eigenvalue weighted by Crippen LogP contribution is -2.07. The zero-order chi connectivity index (χ0) is 16.5. The van der Waals surface area contributed by atoms with Crippen LogP contribution in [0.15, 0.2) is 48.4 Å². The second-order valence-corrected chi connectivity index (χ2v) is 6.21. The Labute approximate surface area is 141 Å². The van der Waals surface area contributed by atoms with Crippen molar-refractivity contribution in [1.82, 2.24) is 0 Å². The quantitative estimate of drug-likeness (QED) is 0.256. The lowest BCUT2D eigenvalue weighted by molar-refractivity contribution is 1.01. The summed E-state index contributed by atoms with van der Waals surface area (Å²) in [5.74, 6) is 4.73. The topological polar surface area (TPSA) is 0 Å². The molecular weight excluding hydrogens is 262 g/mol. The second kappa shape index (κ2) is 16.5. The number of hydrogen-bond acceptors (Lipinski definition) is 0. The number of rotatable bonds is 13. The summed E-state index contributed by atoms with van der Waals surface area (Å²) in [5.41, 5.74) is 0. The minimum absolute atomic E-state index is 0.757. The van der Waals surface area contributed by atoms with Crippen LogP contribution in [0.25, 0.3) is 0 Å². The van der Waals surface area contributed by atoms with E-state index in [9.17, 15) is 0 Å². The van der Waals surface area contributed by atoms with Crippen molar-refractivity contribution in [3.05, 3.63) is 48.4 Å². The van der Waals surface area contributed by atoms with Gasteiger partial charge in [-0.05, 0) is 0 Å². The molecule has 0 aromatic carbocycles. The Kier molecular flexibility index (Phi) is 15.8. The van der Waals surface area contributed by atoms with Crippen molar-refractivity contribution in [3.8, 4) is 0 Å². The van der Waals surface area contributed by atoms with E-state index < -0.39 is 0 Å². The minimum atomic E-state index is 0.757. The standard InChI is InChI=1S/C20H36B2/c1-5-15-21(16-6-2)19-13-11-9-10-12-14-20-22(17-7-3)18-8-4/h9-14,19-20H,5-8,15-18H2,1-4H3/b11-9-,12-10-,19-13+,20-14+. The van der Waals surface area contributed by atoms with Gasteiger partial charge in [-0.15, -0.1) is 12.0 Å². The highest BCUT2D eigenvalue weighted by Gasteiger charge is 2.06. The predicted octanol–water partition coefficient (Wildman–Crippen LogP) is 6.92. The SMILES string of the molecule is CCCB(/C=C/C=C\C=C/C=C/B(CCC)CCC)CCC. The summed E-state index contributed by atoms with van der Waals surface area (Å²) in [5, 5.41) is 0. The van der Waals surface area contributed by atoms with Gasteiger partial charge in [-0.3, -0.25) is 0 Å². The molecule has 0 aliphatic rings. The molecule has 22 heavy (non-hydrogen) atoms. The molecule has 0 heterocycles. The molecule has 0 unspecified atom stereocenters. The Bertz CT molecular complexity index is 294. The molecule has 0 atom stereocenters. The Balaban J connectivity index is 4.13. The van der Waals surface area contributed by atoms with Crippen molar-refractivity contribution in [3.63, 3.8) is 0 Å². The van der Waals surface area contributed by atoms with Gasteiger partial charge in [0.1, 0.15) is 0 Å². The van der Waals surface area contributed by atoms with Crippen LogP contribution in [-0.4, -0.2) is 13.4 Å². The molecule has 122 valence electrons. The fourth-order valence-corrected chi connectivity index (χ4v) is 2.86. The van der Waals surface area contributed by atoms with Crippen molar-refractivity contribution in [2.45, 2.75) is 78.7 Å². The first-order valence-corrected chi connectivity index (χ1v) is 9.46. The van der Waals surface area contributed by atoms with E-state index in [1.807, 2.05) is 0 Å². The molecule has 0 N–H and O–H groups in total. The number of allylic oxidation sites excluding steroid dienone is 6. The first-order chi connectivity index (χ1) is 10.8. The molecule has 0 radical (unpaired) electrons. The maximum Gasteiger partial charge on any atom is 0.166 e. The third-order valence-corrected chi connectivity index (χ3v) is 3.96. The van der Waals surface area contributed by atoms with Gasteiger partial charge in [-0.2, -0.15) is 0 Å². The van der Waals surface area contributed by atoms with E-state index in [1.165, 1.54) is 51.0 Å². The van der Waals surface area contributed by atoms with E-state index >= 15 is 0 Å². The van der Waals surface area contributed by atoms with E-state index in [0.717, 1.165) is 13.4 Å². The molecule has 0 aliphatic heterocycles. The summed E-state index contributed by atoms with van der Waals surface area (Å²) < 4.78 is 0. The van der Waals surface area contributed by atoms with Crippen LogP contribution in [-0.2, 0) is 0 Å². The Morgan fingerprint density at radius 3 is 1.00 bits per heavy atom. The molecule has 0 rings (SSSR count). The van der Waals surface area contributed by atoms with Crippen LogP contribution in [0, 0.1) is 0 Å². The highest BCUT2D eigenvalue weighted by atomic mass is 13.8. The van der Waals surface area contributed by atoms with Crippen LogP contribution in [0.2, 0.25) is 25.3 Å². The molecule has 0 aliphatic carbocycles. The van der Waals surface area contributed by atoms with Crippen LogP contribution in [0.1, 0.15) is 53.4 Å². The Hall–Kier alpha value is -0.910. The summed E-state index contributed by atoms with van der Waals surface area (Å²) in [6.45, 7) is 10.6. The second-order valence-electron chi connectivity index (χ2n) is 6.21. The molecule has 0 spiro atoms. The summed E-state index contributed by atoms with van der Waals surface area (Å²) in [6, 6.07) is 0. The zero-order valence-electron chi connectivity index (χ0n) is 15.4. The Morgan fingerprint density at radius 1 is 0.455 bits per heavy atom. The highest BCUT2D eigenvalue weighted by molar-refractivity contribution is 6.64. The molecule has 0 bridgehead atoms. The largest absolute Gasteiger partial charge is 0.166 e. The van der Waals surface area contributed by atoms with Crippen molar-refractivity contribution in [2.24, 2.45) is 0 Å². The summed E-state index contributed by atoms with van der Waals surface area (Å²) in [4.78, 5) is 0. The maximum atomic E-state index is 2.37. The summed E-state index contributed by atoms with van der Waals surface area (Å²) >= 11 is 0. The fourth-order valence-electron chi connectivity index (χ4n) is 2.86. The van der Waals surface area contributed by atoms with Gasteiger partial charge in [0.2, 0.25) is 0 Å².